The van der Waals surface area contributed by atoms with Crippen LogP contribution in [0, 0.1) is 0 Å². The van der Waals surface area contributed by atoms with E-state index in [1.54, 1.807) is 18.2 Å². The standard InChI is InChI=1S/C13H18Cl2N2O/c1-3-13(16,4-2)8-17-12(18)9-5-6-10(14)11(15)7-9/h5-7H,3-4,8,16H2,1-2H3,(H,17,18). The minimum Gasteiger partial charge on any atom is -0.350 e. The maximum atomic E-state index is 11.9. The van der Waals surface area contributed by atoms with Crippen molar-refractivity contribution in [2.75, 3.05) is 6.54 Å². The number of hydrogen-bond donors (Lipinski definition) is 2. The number of halogens is 2. The second kappa shape index (κ2) is 6.41. The number of hydrogen-bond acceptors (Lipinski definition) is 2. The van der Waals surface area contributed by atoms with Crippen LogP contribution in [0.4, 0.5) is 0 Å². The molecule has 1 amide bonds. The summed E-state index contributed by atoms with van der Waals surface area (Å²) in [5.41, 5.74) is 6.24. The molecule has 18 heavy (non-hydrogen) atoms. The van der Waals surface area contributed by atoms with Gasteiger partial charge in [0.1, 0.15) is 0 Å². The van der Waals surface area contributed by atoms with E-state index in [1.165, 1.54) is 0 Å². The Kier molecular flexibility index (Phi) is 5.45. The van der Waals surface area contributed by atoms with Crippen molar-refractivity contribution in [2.24, 2.45) is 5.73 Å². The number of benzene rings is 1. The minimum absolute atomic E-state index is 0.190. The molecule has 1 aromatic carbocycles. The lowest BCUT2D eigenvalue weighted by atomic mass is 9.94. The fraction of sp³-hybridized carbons (Fsp3) is 0.462. The molecule has 0 saturated carbocycles. The van der Waals surface area contributed by atoms with E-state index in [2.05, 4.69) is 5.32 Å². The summed E-state index contributed by atoms with van der Waals surface area (Å²) in [5, 5.41) is 3.63. The van der Waals surface area contributed by atoms with E-state index in [0.717, 1.165) is 12.8 Å². The average Bonchev–Trinajstić information content (AvgIpc) is 2.38. The molecular weight excluding hydrogens is 271 g/mol. The molecule has 0 atom stereocenters. The van der Waals surface area contributed by atoms with Crippen LogP contribution >= 0.6 is 23.2 Å². The van der Waals surface area contributed by atoms with Gasteiger partial charge in [-0.15, -0.1) is 0 Å². The lowest BCUT2D eigenvalue weighted by Crippen LogP contribution is -2.49. The van der Waals surface area contributed by atoms with Gasteiger partial charge in [-0.3, -0.25) is 4.79 Å². The molecule has 0 aliphatic carbocycles. The third-order valence-electron chi connectivity index (χ3n) is 3.19. The first-order chi connectivity index (χ1) is 8.41. The molecule has 5 heteroatoms. The van der Waals surface area contributed by atoms with Gasteiger partial charge in [-0.25, -0.2) is 0 Å². The number of amides is 1. The van der Waals surface area contributed by atoms with Gasteiger partial charge in [0, 0.05) is 17.6 Å². The van der Waals surface area contributed by atoms with Crippen molar-refractivity contribution in [3.05, 3.63) is 33.8 Å². The van der Waals surface area contributed by atoms with E-state index in [0.29, 0.717) is 22.2 Å². The Morgan fingerprint density at radius 1 is 1.28 bits per heavy atom. The van der Waals surface area contributed by atoms with Crippen molar-refractivity contribution >= 4 is 29.1 Å². The zero-order valence-corrected chi connectivity index (χ0v) is 12.1. The molecule has 0 unspecified atom stereocenters. The van der Waals surface area contributed by atoms with Crippen molar-refractivity contribution in [3.63, 3.8) is 0 Å². The topological polar surface area (TPSA) is 55.1 Å². The van der Waals surface area contributed by atoms with Gasteiger partial charge in [0.25, 0.3) is 5.91 Å². The molecule has 3 N–H and O–H groups in total. The highest BCUT2D eigenvalue weighted by molar-refractivity contribution is 6.42. The van der Waals surface area contributed by atoms with Gasteiger partial charge in [0.2, 0.25) is 0 Å². The molecule has 0 heterocycles. The van der Waals surface area contributed by atoms with E-state index in [1.807, 2.05) is 13.8 Å². The second-order valence-electron chi connectivity index (χ2n) is 4.38. The summed E-state index contributed by atoms with van der Waals surface area (Å²) in [7, 11) is 0. The third-order valence-corrected chi connectivity index (χ3v) is 3.93. The summed E-state index contributed by atoms with van der Waals surface area (Å²) in [6.07, 6.45) is 1.62. The van der Waals surface area contributed by atoms with Crippen LogP contribution in [-0.4, -0.2) is 18.0 Å². The average molecular weight is 289 g/mol. The number of carbonyl (C=O) groups excluding carboxylic acids is 1. The smallest absolute Gasteiger partial charge is 0.251 e. The zero-order valence-electron chi connectivity index (χ0n) is 10.6. The van der Waals surface area contributed by atoms with Gasteiger partial charge in [-0.05, 0) is 31.0 Å². The van der Waals surface area contributed by atoms with Crippen LogP contribution in [0.5, 0.6) is 0 Å². The number of nitrogens with one attached hydrogen (secondary N) is 1. The van der Waals surface area contributed by atoms with Gasteiger partial charge in [0.15, 0.2) is 0 Å². The van der Waals surface area contributed by atoms with Crippen LogP contribution < -0.4 is 11.1 Å². The summed E-state index contributed by atoms with van der Waals surface area (Å²) >= 11 is 11.7. The molecule has 0 bridgehead atoms. The van der Waals surface area contributed by atoms with E-state index in [-0.39, 0.29) is 11.4 Å². The molecule has 0 radical (unpaired) electrons. The second-order valence-corrected chi connectivity index (χ2v) is 5.20. The first-order valence-electron chi connectivity index (χ1n) is 5.94. The Bertz CT molecular complexity index is 431. The van der Waals surface area contributed by atoms with Crippen LogP contribution in [-0.2, 0) is 0 Å². The van der Waals surface area contributed by atoms with Gasteiger partial charge in [-0.1, -0.05) is 37.0 Å². The summed E-state index contributed by atoms with van der Waals surface area (Å²) in [5.74, 6) is -0.190. The fourth-order valence-electron chi connectivity index (χ4n) is 1.50. The molecule has 0 aliphatic rings. The van der Waals surface area contributed by atoms with Crippen LogP contribution in [0.25, 0.3) is 0 Å². The SMILES string of the molecule is CCC(N)(CC)CNC(=O)c1ccc(Cl)c(Cl)c1. The largest absolute Gasteiger partial charge is 0.350 e. The predicted octanol–water partition coefficient (Wildman–Crippen LogP) is 3.24. The highest BCUT2D eigenvalue weighted by atomic mass is 35.5. The van der Waals surface area contributed by atoms with Gasteiger partial charge in [0.05, 0.1) is 10.0 Å². The molecule has 0 aromatic heterocycles. The number of rotatable bonds is 5. The highest BCUT2D eigenvalue weighted by Gasteiger charge is 2.21. The van der Waals surface area contributed by atoms with E-state index >= 15 is 0 Å². The van der Waals surface area contributed by atoms with Gasteiger partial charge in [-0.2, -0.15) is 0 Å². The zero-order chi connectivity index (χ0) is 13.8. The van der Waals surface area contributed by atoms with Crippen LogP contribution in [0.1, 0.15) is 37.0 Å². The molecule has 0 spiro atoms. The molecule has 100 valence electrons. The molecule has 1 aromatic rings. The van der Waals surface area contributed by atoms with Crippen molar-refractivity contribution in [1.29, 1.82) is 0 Å². The highest BCUT2D eigenvalue weighted by Crippen LogP contribution is 2.22. The van der Waals surface area contributed by atoms with Crippen LogP contribution in [0.15, 0.2) is 18.2 Å². The van der Waals surface area contributed by atoms with E-state index in [4.69, 9.17) is 28.9 Å². The Hall–Kier alpha value is -0.770. The maximum absolute atomic E-state index is 11.9. The minimum atomic E-state index is -0.355. The number of carbonyl (C=O) groups is 1. The summed E-state index contributed by atoms with van der Waals surface area (Å²) in [6, 6.07) is 4.79. The third kappa shape index (κ3) is 3.87. The molecule has 0 aliphatic heterocycles. The quantitative estimate of drug-likeness (QED) is 0.874. The van der Waals surface area contributed by atoms with Crippen molar-refractivity contribution in [3.8, 4) is 0 Å². The van der Waals surface area contributed by atoms with Crippen molar-refractivity contribution in [1.82, 2.24) is 5.32 Å². The van der Waals surface area contributed by atoms with Gasteiger partial charge >= 0.3 is 0 Å². The monoisotopic (exact) mass is 288 g/mol. The lowest BCUT2D eigenvalue weighted by molar-refractivity contribution is 0.0942. The van der Waals surface area contributed by atoms with Crippen molar-refractivity contribution in [2.45, 2.75) is 32.2 Å². The summed E-state index contributed by atoms with van der Waals surface area (Å²) in [4.78, 5) is 11.9. The number of nitrogens with two attached hydrogens (primary N) is 1. The molecule has 1 rings (SSSR count). The lowest BCUT2D eigenvalue weighted by Gasteiger charge is -2.26. The Labute approximate surface area is 118 Å². The molecule has 0 fully saturated rings. The summed E-state index contributed by atoms with van der Waals surface area (Å²) in [6.45, 7) is 4.46. The van der Waals surface area contributed by atoms with E-state index in [9.17, 15) is 4.79 Å². The van der Waals surface area contributed by atoms with Crippen LogP contribution in [0.3, 0.4) is 0 Å². The Morgan fingerprint density at radius 2 is 1.89 bits per heavy atom. The molecule has 0 saturated heterocycles. The molecular formula is C13H18Cl2N2O. The normalized spacial score (nSPS) is 11.4. The summed E-state index contributed by atoms with van der Waals surface area (Å²) < 4.78 is 0. The van der Waals surface area contributed by atoms with Gasteiger partial charge < -0.3 is 11.1 Å². The first kappa shape index (κ1) is 15.3. The Balaban J connectivity index is 2.68. The predicted molar refractivity (Wildman–Crippen MR) is 76.3 cm³/mol. The molecule has 3 nitrogen and oxygen atoms in total. The van der Waals surface area contributed by atoms with Crippen LogP contribution in [0.2, 0.25) is 10.0 Å². The van der Waals surface area contributed by atoms with Crippen molar-refractivity contribution < 1.29 is 4.79 Å². The van der Waals surface area contributed by atoms with E-state index < -0.39 is 0 Å². The fourth-order valence-corrected chi connectivity index (χ4v) is 1.79. The Morgan fingerprint density at radius 3 is 2.39 bits per heavy atom. The maximum Gasteiger partial charge on any atom is 0.251 e. The first-order valence-corrected chi connectivity index (χ1v) is 6.69.